The Morgan fingerprint density at radius 1 is 1.70 bits per heavy atom. The average molecular weight is 161 g/mol. The van der Waals surface area contributed by atoms with Crippen LogP contribution < -0.4 is 11.0 Å². The van der Waals surface area contributed by atoms with Gasteiger partial charge in [0.2, 0.25) is 0 Å². The molecule has 0 radical (unpaired) electrons. The number of anilines is 1. The number of aromatic amines is 1. The van der Waals surface area contributed by atoms with Gasteiger partial charge < -0.3 is 4.98 Å². The monoisotopic (exact) mass is 160 g/mol. The summed E-state index contributed by atoms with van der Waals surface area (Å²) in [5, 5.41) is 8.67. The van der Waals surface area contributed by atoms with Crippen LogP contribution in [0.25, 0.3) is 0 Å². The lowest BCUT2D eigenvalue weighted by Gasteiger charge is -1.95. The largest absolute Gasteiger partial charge is 0.326 e. The highest BCUT2D eigenvalue weighted by atomic mass is 35.5. The third-order valence-corrected chi connectivity index (χ3v) is 1.21. The summed E-state index contributed by atoms with van der Waals surface area (Å²) in [7, 11) is 0. The van der Waals surface area contributed by atoms with Gasteiger partial charge in [-0.1, -0.05) is 11.6 Å². The van der Waals surface area contributed by atoms with Gasteiger partial charge in [0.1, 0.15) is 5.69 Å². The maximum Gasteiger partial charge on any atom is 0.273 e. The molecule has 0 saturated heterocycles. The van der Waals surface area contributed by atoms with E-state index in [-0.39, 0.29) is 5.69 Å². The van der Waals surface area contributed by atoms with E-state index in [1.165, 1.54) is 12.3 Å². The molecule has 0 atom stereocenters. The Hall–Kier alpha value is -1.00. The first-order chi connectivity index (χ1) is 4.74. The zero-order chi connectivity index (χ0) is 7.56. The molecule has 0 aliphatic rings. The smallest absolute Gasteiger partial charge is 0.273 e. The Bertz CT molecular complexity index is 283. The third kappa shape index (κ3) is 1.29. The van der Waals surface area contributed by atoms with E-state index < -0.39 is 5.56 Å². The fourth-order valence-electron chi connectivity index (χ4n) is 0.540. The molecule has 0 bridgehead atoms. The topological polar surface area (TPSA) is 65.1 Å². The number of aromatic nitrogens is 1. The fourth-order valence-corrected chi connectivity index (χ4v) is 0.704. The van der Waals surface area contributed by atoms with E-state index in [0.29, 0.717) is 5.02 Å². The quantitative estimate of drug-likeness (QED) is 0.533. The molecule has 1 rings (SSSR count). The van der Waals surface area contributed by atoms with Gasteiger partial charge in [0, 0.05) is 6.20 Å². The SMILES string of the molecule is O=c1[nH]cc(Cl)cc1NO. The predicted molar refractivity (Wildman–Crippen MR) is 37.5 cm³/mol. The molecule has 54 valence electrons. The van der Waals surface area contributed by atoms with Crippen molar-refractivity contribution in [1.29, 1.82) is 0 Å². The normalized spacial score (nSPS) is 9.40. The van der Waals surface area contributed by atoms with Gasteiger partial charge in [-0.3, -0.25) is 15.5 Å². The van der Waals surface area contributed by atoms with Gasteiger partial charge in [0.25, 0.3) is 5.56 Å². The second-order valence-electron chi connectivity index (χ2n) is 1.67. The van der Waals surface area contributed by atoms with Crippen LogP contribution in [0.15, 0.2) is 17.1 Å². The van der Waals surface area contributed by atoms with E-state index in [4.69, 9.17) is 16.8 Å². The van der Waals surface area contributed by atoms with Crippen LogP contribution >= 0.6 is 11.6 Å². The van der Waals surface area contributed by atoms with Gasteiger partial charge in [-0.15, -0.1) is 0 Å². The molecule has 0 saturated carbocycles. The van der Waals surface area contributed by atoms with E-state index in [1.807, 2.05) is 0 Å². The first-order valence-electron chi connectivity index (χ1n) is 2.52. The van der Waals surface area contributed by atoms with Crippen LogP contribution in [0.4, 0.5) is 5.69 Å². The first-order valence-corrected chi connectivity index (χ1v) is 2.90. The lowest BCUT2D eigenvalue weighted by Crippen LogP contribution is -2.10. The molecule has 0 aromatic carbocycles. The Labute approximate surface area is 61.4 Å². The van der Waals surface area contributed by atoms with E-state index in [0.717, 1.165) is 0 Å². The van der Waals surface area contributed by atoms with Crippen LogP contribution in [0.2, 0.25) is 5.02 Å². The lowest BCUT2D eigenvalue weighted by molar-refractivity contribution is 0.388. The Morgan fingerprint density at radius 2 is 2.40 bits per heavy atom. The number of nitrogens with one attached hydrogen (secondary N) is 2. The number of pyridine rings is 1. The molecule has 0 aliphatic carbocycles. The van der Waals surface area contributed by atoms with Gasteiger partial charge in [-0.2, -0.15) is 0 Å². The average Bonchev–Trinajstić information content (AvgIpc) is 1.94. The maximum absolute atomic E-state index is 10.7. The van der Waals surface area contributed by atoms with E-state index in [9.17, 15) is 4.79 Å². The molecule has 1 heterocycles. The minimum Gasteiger partial charge on any atom is -0.326 e. The van der Waals surface area contributed by atoms with E-state index in [2.05, 4.69) is 4.98 Å². The summed E-state index contributed by atoms with van der Waals surface area (Å²) in [6, 6.07) is 1.32. The lowest BCUT2D eigenvalue weighted by atomic mass is 10.4. The summed E-state index contributed by atoms with van der Waals surface area (Å²) in [6.45, 7) is 0. The predicted octanol–water partition coefficient (Wildman–Crippen LogP) is 0.829. The molecule has 0 aliphatic heterocycles. The van der Waals surface area contributed by atoms with Gasteiger partial charge in [0.15, 0.2) is 0 Å². The number of H-pyrrole nitrogens is 1. The number of halogens is 1. The van der Waals surface area contributed by atoms with Crippen molar-refractivity contribution in [3.63, 3.8) is 0 Å². The van der Waals surface area contributed by atoms with Crippen LogP contribution in [-0.2, 0) is 0 Å². The molecular weight excluding hydrogens is 156 g/mol. The highest BCUT2D eigenvalue weighted by molar-refractivity contribution is 6.30. The van der Waals surface area contributed by atoms with Crippen LogP contribution in [0.3, 0.4) is 0 Å². The van der Waals surface area contributed by atoms with Gasteiger partial charge >= 0.3 is 0 Å². The van der Waals surface area contributed by atoms with Crippen LogP contribution in [0.5, 0.6) is 0 Å². The van der Waals surface area contributed by atoms with Crippen molar-refractivity contribution in [2.45, 2.75) is 0 Å². The van der Waals surface area contributed by atoms with Gasteiger partial charge in [-0.25, -0.2) is 0 Å². The van der Waals surface area contributed by atoms with Crippen molar-refractivity contribution < 1.29 is 5.21 Å². The summed E-state index contributed by atoms with van der Waals surface area (Å²) >= 11 is 5.47. The van der Waals surface area contributed by atoms with Crippen molar-refractivity contribution in [2.75, 3.05) is 5.48 Å². The zero-order valence-electron chi connectivity index (χ0n) is 4.89. The van der Waals surface area contributed by atoms with Crippen molar-refractivity contribution in [3.05, 3.63) is 27.6 Å². The first kappa shape index (κ1) is 7.11. The van der Waals surface area contributed by atoms with Gasteiger partial charge in [-0.05, 0) is 6.07 Å². The second-order valence-corrected chi connectivity index (χ2v) is 2.11. The Kier molecular flexibility index (Phi) is 1.94. The van der Waals surface area contributed by atoms with Crippen molar-refractivity contribution in [2.24, 2.45) is 0 Å². The number of hydrogen-bond donors (Lipinski definition) is 3. The zero-order valence-corrected chi connectivity index (χ0v) is 5.64. The molecule has 5 heteroatoms. The third-order valence-electron chi connectivity index (χ3n) is 0.988. The molecular formula is C5H5ClN2O2. The molecule has 0 spiro atoms. The molecule has 0 unspecified atom stereocenters. The highest BCUT2D eigenvalue weighted by Gasteiger charge is 1.96. The van der Waals surface area contributed by atoms with Crippen molar-refractivity contribution in [1.82, 2.24) is 4.98 Å². The minimum atomic E-state index is -0.410. The van der Waals surface area contributed by atoms with Gasteiger partial charge in [0.05, 0.1) is 5.02 Å². The van der Waals surface area contributed by atoms with E-state index >= 15 is 0 Å². The summed E-state index contributed by atoms with van der Waals surface area (Å²) < 4.78 is 0. The Morgan fingerprint density at radius 3 is 2.90 bits per heavy atom. The molecule has 10 heavy (non-hydrogen) atoms. The van der Waals surface area contributed by atoms with Crippen LogP contribution in [0.1, 0.15) is 0 Å². The molecule has 1 aromatic heterocycles. The van der Waals surface area contributed by atoms with Crippen molar-refractivity contribution >= 4 is 17.3 Å². The fraction of sp³-hybridized carbons (Fsp3) is 0. The Balaban J connectivity index is 3.22. The molecule has 4 nitrogen and oxygen atoms in total. The number of hydrogen-bond acceptors (Lipinski definition) is 3. The summed E-state index contributed by atoms with van der Waals surface area (Å²) in [5.74, 6) is 0. The standard InChI is InChI=1S/C5H5ClN2O2/c6-3-1-4(8-10)5(9)7-2-3/h1-2,8,10H,(H,7,9). The summed E-state index contributed by atoms with van der Waals surface area (Å²) in [5.41, 5.74) is 1.33. The highest BCUT2D eigenvalue weighted by Crippen LogP contribution is 2.07. The molecule has 0 fully saturated rings. The van der Waals surface area contributed by atoms with Crippen LogP contribution in [0, 0.1) is 0 Å². The van der Waals surface area contributed by atoms with Crippen LogP contribution in [-0.4, -0.2) is 10.2 Å². The molecule has 3 N–H and O–H groups in total. The van der Waals surface area contributed by atoms with E-state index in [1.54, 1.807) is 5.48 Å². The van der Waals surface area contributed by atoms with Crippen molar-refractivity contribution in [3.8, 4) is 0 Å². The molecule has 1 aromatic rings. The second kappa shape index (κ2) is 2.72. The minimum absolute atomic E-state index is 0.0347. The summed E-state index contributed by atoms with van der Waals surface area (Å²) in [4.78, 5) is 13.0. The molecule has 0 amide bonds. The number of rotatable bonds is 1. The summed E-state index contributed by atoms with van der Waals surface area (Å²) in [6.07, 6.45) is 1.34. The maximum atomic E-state index is 10.7.